The van der Waals surface area contributed by atoms with E-state index < -0.39 is 7.26 Å². The third kappa shape index (κ3) is 6.73. The monoisotopic (exact) mass is 500 g/mol. The van der Waals surface area contributed by atoms with E-state index in [2.05, 4.69) is 119 Å². The molecule has 0 radical (unpaired) electrons. The average Bonchev–Trinajstić information content (AvgIpc) is 2.75. The quantitative estimate of drug-likeness (QED) is 0.314. The molecule has 0 bridgehead atoms. The van der Waals surface area contributed by atoms with Crippen LogP contribution in [0.4, 0.5) is 0 Å². The van der Waals surface area contributed by atoms with Crippen molar-refractivity contribution in [3.8, 4) is 0 Å². The average molecular weight is 501 g/mol. The van der Waals surface area contributed by atoms with E-state index in [9.17, 15) is 0 Å². The Labute approximate surface area is 199 Å². The van der Waals surface area contributed by atoms with Crippen molar-refractivity contribution in [1.29, 1.82) is 0 Å². The lowest BCUT2D eigenvalue weighted by Gasteiger charge is -2.30. The normalized spacial score (nSPS) is 11.7. The highest BCUT2D eigenvalue weighted by atomic mass is 79.9. The summed E-state index contributed by atoms with van der Waals surface area (Å²) in [6, 6.07) is 32.9. The van der Waals surface area contributed by atoms with E-state index in [1.54, 1.807) is 0 Å². The van der Waals surface area contributed by atoms with Gasteiger partial charge in [-0.05, 0) is 64.1 Å². The molecule has 0 saturated carbocycles. The van der Waals surface area contributed by atoms with Gasteiger partial charge in [-0.15, -0.1) is 0 Å². The topological polar surface area (TPSA) is 18.5 Å². The second-order valence-corrected chi connectivity index (χ2v) is 11.7. The van der Waals surface area contributed by atoms with Gasteiger partial charge in [0, 0.05) is 6.42 Å². The minimum Gasteiger partial charge on any atom is -1.00 e. The molecule has 3 aromatic carbocycles. The van der Waals surface area contributed by atoms with Crippen molar-refractivity contribution in [3.05, 3.63) is 91.0 Å². The Morgan fingerprint density at radius 1 is 0.581 bits per heavy atom. The van der Waals surface area contributed by atoms with Gasteiger partial charge in [0.1, 0.15) is 23.2 Å². The van der Waals surface area contributed by atoms with Crippen LogP contribution in [0, 0.1) is 0 Å². The predicted molar refractivity (Wildman–Crippen MR) is 131 cm³/mol. The molecule has 0 fully saturated rings. The molecule has 0 aromatic heterocycles. The molecule has 0 aliphatic carbocycles. The largest absolute Gasteiger partial charge is 1.00 e. The molecule has 0 N–H and O–H groups in total. The van der Waals surface area contributed by atoms with Gasteiger partial charge in [-0.3, -0.25) is 0 Å². The summed E-state index contributed by atoms with van der Waals surface area (Å²) in [5, 5.41) is 4.20. The highest BCUT2D eigenvalue weighted by Gasteiger charge is 2.45. The number of benzene rings is 3. The van der Waals surface area contributed by atoms with Gasteiger partial charge in [-0.1, -0.05) is 54.6 Å². The van der Waals surface area contributed by atoms with E-state index in [4.69, 9.17) is 9.47 Å². The molecule has 0 saturated heterocycles. The fourth-order valence-electron chi connectivity index (χ4n) is 3.96. The van der Waals surface area contributed by atoms with Crippen molar-refractivity contribution < 1.29 is 26.5 Å². The summed E-state index contributed by atoms with van der Waals surface area (Å²) in [5.74, 6) is 0. The molecule has 3 aromatic rings. The Balaban J connectivity index is 0.00000341. The predicted octanol–water partition coefficient (Wildman–Crippen LogP) is 2.55. The van der Waals surface area contributed by atoms with Crippen LogP contribution in [-0.4, -0.2) is 24.7 Å². The van der Waals surface area contributed by atoms with E-state index >= 15 is 0 Å². The van der Waals surface area contributed by atoms with Gasteiger partial charge in [0.05, 0.1) is 18.4 Å². The first kappa shape index (κ1) is 25.7. The van der Waals surface area contributed by atoms with Crippen LogP contribution in [0.2, 0.25) is 0 Å². The first-order chi connectivity index (χ1) is 14.5. The minimum atomic E-state index is -1.85. The second kappa shape index (κ2) is 12.5. The molecular formula is C27H34BrO2P. The maximum Gasteiger partial charge on any atom is 0.161 e. The van der Waals surface area contributed by atoms with Crippen molar-refractivity contribution in [2.24, 2.45) is 0 Å². The molecule has 31 heavy (non-hydrogen) atoms. The molecule has 0 spiro atoms. The van der Waals surface area contributed by atoms with Crippen molar-refractivity contribution in [3.63, 3.8) is 0 Å². The minimum absolute atomic E-state index is 0. The number of hydrogen-bond donors (Lipinski definition) is 0. The highest BCUT2D eigenvalue weighted by molar-refractivity contribution is 7.95. The van der Waals surface area contributed by atoms with E-state index in [1.807, 2.05) is 0 Å². The standard InChI is InChI=1S/C27H34O2P.BrH/c1-22(2)28-27(29-23(3)4)20-21-30(24-14-8-5-9-15-24,25-16-10-6-11-17-25)26-18-12-7-13-19-26;/h5-19,22-23,27H,20-21H2,1-4H3;1H/q+1;/p-1. The third-order valence-electron chi connectivity index (χ3n) is 5.14. The molecule has 4 heteroatoms. The number of halogens is 1. The van der Waals surface area contributed by atoms with E-state index in [0.717, 1.165) is 12.6 Å². The van der Waals surface area contributed by atoms with E-state index in [-0.39, 0.29) is 35.5 Å². The lowest BCUT2D eigenvalue weighted by atomic mass is 10.3. The van der Waals surface area contributed by atoms with E-state index in [1.165, 1.54) is 15.9 Å². The van der Waals surface area contributed by atoms with Crippen molar-refractivity contribution in [2.45, 2.75) is 52.6 Å². The molecule has 0 aliphatic rings. The van der Waals surface area contributed by atoms with Crippen LogP contribution in [0.1, 0.15) is 34.1 Å². The molecule has 0 amide bonds. The van der Waals surface area contributed by atoms with Gasteiger partial charge >= 0.3 is 0 Å². The summed E-state index contributed by atoms with van der Waals surface area (Å²) < 4.78 is 12.3. The first-order valence-corrected chi connectivity index (χ1v) is 12.9. The molecular weight excluding hydrogens is 467 g/mol. The van der Waals surface area contributed by atoms with Gasteiger partial charge in [-0.2, -0.15) is 0 Å². The summed E-state index contributed by atoms with van der Waals surface area (Å²) in [5.41, 5.74) is 0. The maximum atomic E-state index is 6.16. The number of rotatable bonds is 10. The van der Waals surface area contributed by atoms with Crippen LogP contribution in [-0.2, 0) is 9.47 Å². The molecule has 166 valence electrons. The lowest BCUT2D eigenvalue weighted by Crippen LogP contribution is -3.00. The Morgan fingerprint density at radius 2 is 0.903 bits per heavy atom. The molecule has 2 nitrogen and oxygen atoms in total. The zero-order valence-corrected chi connectivity index (χ0v) is 21.4. The summed E-state index contributed by atoms with van der Waals surface area (Å²) >= 11 is 0. The Hall–Kier alpha value is -1.51. The fourth-order valence-corrected chi connectivity index (χ4v) is 8.27. The van der Waals surface area contributed by atoms with Crippen LogP contribution in [0.15, 0.2) is 91.0 Å². The van der Waals surface area contributed by atoms with Gasteiger partial charge < -0.3 is 26.5 Å². The molecule has 0 aliphatic heterocycles. The van der Waals surface area contributed by atoms with Crippen LogP contribution < -0.4 is 32.9 Å². The van der Waals surface area contributed by atoms with E-state index in [0.29, 0.717) is 0 Å². The molecule has 0 atom stereocenters. The number of ether oxygens (including phenoxy) is 2. The zero-order valence-electron chi connectivity index (χ0n) is 18.9. The smallest absolute Gasteiger partial charge is 0.161 e. The van der Waals surface area contributed by atoms with Gasteiger partial charge in [0.2, 0.25) is 0 Å². The second-order valence-electron chi connectivity index (χ2n) is 8.13. The SMILES string of the molecule is CC(C)OC(CC[P+](c1ccccc1)(c1ccccc1)c1ccccc1)OC(C)C.[Br-]. The lowest BCUT2D eigenvalue weighted by molar-refractivity contribution is -0.181. The van der Waals surface area contributed by atoms with Crippen LogP contribution in [0.3, 0.4) is 0 Å². The first-order valence-electron chi connectivity index (χ1n) is 10.9. The van der Waals surface area contributed by atoms with Crippen LogP contribution >= 0.6 is 7.26 Å². The zero-order chi connectivity index (χ0) is 21.4. The summed E-state index contributed by atoms with van der Waals surface area (Å²) in [4.78, 5) is 0. The summed E-state index contributed by atoms with van der Waals surface area (Å²) in [6.45, 7) is 8.30. The molecule has 3 rings (SSSR count). The van der Waals surface area contributed by atoms with Crippen LogP contribution in [0.5, 0.6) is 0 Å². The maximum absolute atomic E-state index is 6.16. The van der Waals surface area contributed by atoms with Crippen molar-refractivity contribution >= 4 is 23.2 Å². The van der Waals surface area contributed by atoms with Crippen molar-refractivity contribution in [1.82, 2.24) is 0 Å². The fraction of sp³-hybridized carbons (Fsp3) is 0.333. The molecule has 0 heterocycles. The Morgan fingerprint density at radius 3 is 1.19 bits per heavy atom. The number of hydrogen-bond acceptors (Lipinski definition) is 2. The van der Waals surface area contributed by atoms with Gasteiger partial charge in [-0.25, -0.2) is 0 Å². The summed E-state index contributed by atoms with van der Waals surface area (Å²) in [6.07, 6.45) is 1.90. The van der Waals surface area contributed by atoms with Gasteiger partial charge in [0.25, 0.3) is 0 Å². The Bertz CT molecular complexity index is 763. The van der Waals surface area contributed by atoms with Crippen LogP contribution in [0.25, 0.3) is 0 Å². The van der Waals surface area contributed by atoms with Crippen molar-refractivity contribution in [2.75, 3.05) is 6.16 Å². The third-order valence-corrected chi connectivity index (χ3v) is 9.61. The highest BCUT2D eigenvalue weighted by Crippen LogP contribution is 2.56. The molecule has 0 unspecified atom stereocenters. The van der Waals surface area contributed by atoms with Gasteiger partial charge in [0.15, 0.2) is 6.29 Å². The summed E-state index contributed by atoms with van der Waals surface area (Å²) in [7, 11) is -1.85. The Kier molecular flexibility index (Phi) is 10.4.